The fourth-order valence-corrected chi connectivity index (χ4v) is 2.22. The molecule has 0 spiro atoms. The zero-order chi connectivity index (χ0) is 15.1. The van der Waals surface area contributed by atoms with Crippen LogP contribution in [0.1, 0.15) is 25.7 Å². The van der Waals surface area contributed by atoms with Crippen molar-refractivity contribution in [2.24, 2.45) is 5.73 Å². The summed E-state index contributed by atoms with van der Waals surface area (Å²) >= 11 is 0. The number of nitrogens with zero attached hydrogens (tertiary/aromatic N) is 2. The van der Waals surface area contributed by atoms with E-state index in [1.54, 1.807) is 7.11 Å². The fourth-order valence-electron chi connectivity index (χ4n) is 2.22. The number of rotatable bonds is 8. The van der Waals surface area contributed by atoms with Crippen LogP contribution in [-0.4, -0.2) is 30.2 Å². The summed E-state index contributed by atoms with van der Waals surface area (Å²) in [6.45, 7) is 1.59. The number of hydrogen-bond acceptors (Lipinski definition) is 6. The largest absolute Gasteiger partial charge is 0.494 e. The van der Waals surface area contributed by atoms with Crippen molar-refractivity contribution in [3.63, 3.8) is 0 Å². The number of para-hydroxylation sites is 1. The van der Waals surface area contributed by atoms with E-state index in [0.717, 1.165) is 49.7 Å². The summed E-state index contributed by atoms with van der Waals surface area (Å²) in [6.07, 6.45) is 4.45. The highest BCUT2D eigenvalue weighted by atomic mass is 16.5. The molecule has 2 aromatic rings. The van der Waals surface area contributed by atoms with Gasteiger partial charge in [0.25, 0.3) is 0 Å². The zero-order valence-electron chi connectivity index (χ0n) is 12.4. The van der Waals surface area contributed by atoms with Gasteiger partial charge in [-0.15, -0.1) is 0 Å². The van der Waals surface area contributed by atoms with Gasteiger partial charge in [-0.05, 0) is 31.5 Å². The Morgan fingerprint density at radius 3 is 2.71 bits per heavy atom. The molecule has 0 aliphatic rings. The molecule has 0 bridgehead atoms. The molecule has 1 aromatic carbocycles. The molecule has 21 heavy (non-hydrogen) atoms. The Morgan fingerprint density at radius 2 is 1.95 bits per heavy atom. The van der Waals surface area contributed by atoms with Gasteiger partial charge < -0.3 is 21.5 Å². The van der Waals surface area contributed by atoms with E-state index in [4.69, 9.17) is 16.2 Å². The molecule has 0 radical (unpaired) electrons. The highest BCUT2D eigenvalue weighted by Gasteiger charge is 2.09. The molecule has 0 atom stereocenters. The Labute approximate surface area is 124 Å². The first kappa shape index (κ1) is 15.3. The lowest BCUT2D eigenvalue weighted by molar-refractivity contribution is 0.419. The van der Waals surface area contributed by atoms with Gasteiger partial charge in [-0.1, -0.05) is 18.9 Å². The van der Waals surface area contributed by atoms with Gasteiger partial charge in [0, 0.05) is 11.9 Å². The molecule has 114 valence electrons. The average molecular weight is 289 g/mol. The standard InChI is InChI=1S/C15H23N5O/c1-21-12-8-6-7-11-13(12)19-15(20-14(11)17)18-10-5-3-2-4-9-16/h6-8H,2-5,9-10,16H2,1H3,(H3,17,18,19,20). The SMILES string of the molecule is COc1cccc2c(N)nc(NCCCCCCN)nc12. The van der Waals surface area contributed by atoms with Gasteiger partial charge in [0.05, 0.1) is 7.11 Å². The van der Waals surface area contributed by atoms with Crippen molar-refractivity contribution in [3.05, 3.63) is 18.2 Å². The first-order valence-corrected chi connectivity index (χ1v) is 7.30. The summed E-state index contributed by atoms with van der Waals surface area (Å²) in [5, 5.41) is 4.03. The van der Waals surface area contributed by atoms with Crippen LogP contribution in [0.3, 0.4) is 0 Å². The third kappa shape index (κ3) is 3.95. The second kappa shape index (κ2) is 7.64. The summed E-state index contributed by atoms with van der Waals surface area (Å²) in [6, 6.07) is 5.64. The van der Waals surface area contributed by atoms with Crippen LogP contribution >= 0.6 is 0 Å². The third-order valence-electron chi connectivity index (χ3n) is 3.35. The van der Waals surface area contributed by atoms with Crippen molar-refractivity contribution in [2.75, 3.05) is 31.2 Å². The van der Waals surface area contributed by atoms with E-state index >= 15 is 0 Å². The maximum atomic E-state index is 5.99. The first-order chi connectivity index (χ1) is 10.3. The van der Waals surface area contributed by atoms with Crippen LogP contribution in [0.25, 0.3) is 10.9 Å². The van der Waals surface area contributed by atoms with Crippen LogP contribution in [0.15, 0.2) is 18.2 Å². The number of benzene rings is 1. The molecule has 1 heterocycles. The topological polar surface area (TPSA) is 99.1 Å². The molecular weight excluding hydrogens is 266 g/mol. The van der Waals surface area contributed by atoms with Gasteiger partial charge >= 0.3 is 0 Å². The zero-order valence-corrected chi connectivity index (χ0v) is 12.4. The number of hydrogen-bond donors (Lipinski definition) is 3. The van der Waals surface area contributed by atoms with E-state index in [2.05, 4.69) is 15.3 Å². The van der Waals surface area contributed by atoms with Crippen molar-refractivity contribution in [1.29, 1.82) is 0 Å². The average Bonchev–Trinajstić information content (AvgIpc) is 2.50. The summed E-state index contributed by atoms with van der Waals surface area (Å²) in [5.41, 5.74) is 12.2. The normalized spacial score (nSPS) is 10.8. The predicted octanol–water partition coefficient (Wildman–Crippen LogP) is 2.15. The second-order valence-corrected chi connectivity index (χ2v) is 4.92. The summed E-state index contributed by atoms with van der Waals surface area (Å²) < 4.78 is 5.32. The predicted molar refractivity (Wildman–Crippen MR) is 86.5 cm³/mol. The summed E-state index contributed by atoms with van der Waals surface area (Å²) in [5.74, 6) is 1.71. The quantitative estimate of drug-likeness (QED) is 0.644. The maximum Gasteiger partial charge on any atom is 0.225 e. The first-order valence-electron chi connectivity index (χ1n) is 7.30. The molecule has 0 saturated heterocycles. The number of nitrogen functional groups attached to an aromatic ring is 1. The number of fused-ring (bicyclic) bond motifs is 1. The van der Waals surface area contributed by atoms with Crippen LogP contribution < -0.4 is 21.5 Å². The number of aromatic nitrogens is 2. The molecule has 0 saturated carbocycles. The Bertz CT molecular complexity index is 588. The van der Waals surface area contributed by atoms with E-state index in [1.807, 2.05) is 18.2 Å². The van der Waals surface area contributed by atoms with E-state index < -0.39 is 0 Å². The van der Waals surface area contributed by atoms with Crippen LogP contribution in [0.4, 0.5) is 11.8 Å². The number of methoxy groups -OCH3 is 1. The van der Waals surface area contributed by atoms with E-state index in [0.29, 0.717) is 17.5 Å². The highest BCUT2D eigenvalue weighted by molar-refractivity contribution is 5.93. The van der Waals surface area contributed by atoms with Crippen LogP contribution in [0.2, 0.25) is 0 Å². The molecule has 0 aliphatic carbocycles. The molecule has 6 heteroatoms. The number of anilines is 2. The molecular formula is C15H23N5O. The second-order valence-electron chi connectivity index (χ2n) is 4.92. The number of nitrogens with one attached hydrogen (secondary N) is 1. The maximum absolute atomic E-state index is 5.99. The molecule has 0 fully saturated rings. The third-order valence-corrected chi connectivity index (χ3v) is 3.35. The van der Waals surface area contributed by atoms with Gasteiger partial charge in [0.15, 0.2) is 0 Å². The molecule has 5 N–H and O–H groups in total. The minimum Gasteiger partial charge on any atom is -0.494 e. The highest BCUT2D eigenvalue weighted by Crippen LogP contribution is 2.27. The van der Waals surface area contributed by atoms with Gasteiger partial charge in [0.1, 0.15) is 17.1 Å². The van der Waals surface area contributed by atoms with Crippen LogP contribution in [0.5, 0.6) is 5.75 Å². The van der Waals surface area contributed by atoms with Gasteiger partial charge in [-0.2, -0.15) is 4.98 Å². The molecule has 0 aliphatic heterocycles. The lowest BCUT2D eigenvalue weighted by Crippen LogP contribution is -2.08. The van der Waals surface area contributed by atoms with Gasteiger partial charge in [0.2, 0.25) is 5.95 Å². The van der Waals surface area contributed by atoms with Gasteiger partial charge in [-0.25, -0.2) is 4.98 Å². The lowest BCUT2D eigenvalue weighted by atomic mass is 10.2. The fraction of sp³-hybridized carbons (Fsp3) is 0.467. The summed E-state index contributed by atoms with van der Waals surface area (Å²) in [7, 11) is 1.62. The van der Waals surface area contributed by atoms with Crippen LogP contribution in [-0.2, 0) is 0 Å². The Kier molecular flexibility index (Phi) is 5.57. The summed E-state index contributed by atoms with van der Waals surface area (Å²) in [4.78, 5) is 8.78. The molecule has 1 aromatic heterocycles. The minimum atomic E-state index is 0.463. The van der Waals surface area contributed by atoms with Crippen molar-refractivity contribution in [3.8, 4) is 5.75 Å². The number of unbranched alkanes of at least 4 members (excludes halogenated alkanes) is 3. The van der Waals surface area contributed by atoms with Crippen molar-refractivity contribution < 1.29 is 4.74 Å². The number of nitrogens with two attached hydrogens (primary N) is 2. The molecule has 6 nitrogen and oxygen atoms in total. The van der Waals surface area contributed by atoms with Crippen molar-refractivity contribution in [1.82, 2.24) is 9.97 Å². The Hall–Kier alpha value is -2.08. The van der Waals surface area contributed by atoms with Gasteiger partial charge in [-0.3, -0.25) is 0 Å². The van der Waals surface area contributed by atoms with Crippen molar-refractivity contribution in [2.45, 2.75) is 25.7 Å². The molecule has 0 amide bonds. The minimum absolute atomic E-state index is 0.463. The smallest absolute Gasteiger partial charge is 0.225 e. The molecule has 2 rings (SSSR count). The lowest BCUT2D eigenvalue weighted by Gasteiger charge is -2.10. The van der Waals surface area contributed by atoms with E-state index in [1.165, 1.54) is 0 Å². The Balaban J connectivity index is 2.04. The van der Waals surface area contributed by atoms with E-state index in [-0.39, 0.29) is 0 Å². The van der Waals surface area contributed by atoms with E-state index in [9.17, 15) is 0 Å². The monoisotopic (exact) mass is 289 g/mol. The Morgan fingerprint density at radius 1 is 1.14 bits per heavy atom. The van der Waals surface area contributed by atoms with Crippen molar-refractivity contribution >= 4 is 22.7 Å². The molecule has 0 unspecified atom stereocenters. The number of ether oxygens (including phenoxy) is 1. The van der Waals surface area contributed by atoms with Crippen LogP contribution in [0, 0.1) is 0 Å².